The SMILES string of the molecule is NC1=CC[C@@H](c2cccc(F)c2F)CN(CC(F)(F)F)C1=O. The van der Waals surface area contributed by atoms with Crippen LogP contribution >= 0.6 is 0 Å². The van der Waals surface area contributed by atoms with E-state index in [9.17, 15) is 26.7 Å². The molecule has 2 rings (SSSR count). The minimum Gasteiger partial charge on any atom is -0.395 e. The highest BCUT2D eigenvalue weighted by Gasteiger charge is 2.36. The molecule has 1 aromatic carbocycles. The van der Waals surface area contributed by atoms with Gasteiger partial charge in [0.2, 0.25) is 0 Å². The molecule has 3 nitrogen and oxygen atoms in total. The zero-order valence-corrected chi connectivity index (χ0v) is 11.3. The minimum atomic E-state index is -4.61. The Labute approximate surface area is 123 Å². The van der Waals surface area contributed by atoms with Gasteiger partial charge in [0.15, 0.2) is 11.6 Å². The third-order valence-corrected chi connectivity index (χ3v) is 3.39. The lowest BCUT2D eigenvalue weighted by atomic mass is 9.95. The molecular weight excluding hydrogens is 307 g/mol. The fourth-order valence-corrected chi connectivity index (χ4v) is 2.38. The van der Waals surface area contributed by atoms with Crippen molar-refractivity contribution in [2.45, 2.75) is 18.5 Å². The first-order valence-corrected chi connectivity index (χ1v) is 6.44. The molecule has 0 spiro atoms. The van der Waals surface area contributed by atoms with Gasteiger partial charge in [0, 0.05) is 12.5 Å². The molecule has 0 radical (unpaired) electrons. The summed E-state index contributed by atoms with van der Waals surface area (Å²) in [5, 5.41) is 0. The summed E-state index contributed by atoms with van der Waals surface area (Å²) < 4.78 is 64.8. The third kappa shape index (κ3) is 3.55. The summed E-state index contributed by atoms with van der Waals surface area (Å²) in [7, 11) is 0. The highest BCUT2D eigenvalue weighted by Crippen LogP contribution is 2.29. The van der Waals surface area contributed by atoms with Gasteiger partial charge in [0.05, 0.1) is 5.70 Å². The molecule has 1 aliphatic rings. The number of nitrogens with zero attached hydrogens (tertiary/aromatic N) is 1. The van der Waals surface area contributed by atoms with Crippen molar-refractivity contribution in [3.05, 3.63) is 47.2 Å². The van der Waals surface area contributed by atoms with Gasteiger partial charge in [0.1, 0.15) is 6.54 Å². The van der Waals surface area contributed by atoms with E-state index in [1.54, 1.807) is 0 Å². The van der Waals surface area contributed by atoms with Crippen molar-refractivity contribution in [3.63, 3.8) is 0 Å². The molecule has 1 aromatic rings. The number of benzene rings is 1. The van der Waals surface area contributed by atoms with Crippen LogP contribution in [0.4, 0.5) is 22.0 Å². The van der Waals surface area contributed by atoms with E-state index in [1.165, 1.54) is 18.2 Å². The Bertz CT molecular complexity index is 612. The van der Waals surface area contributed by atoms with Gasteiger partial charge in [-0.05, 0) is 18.1 Å². The highest BCUT2D eigenvalue weighted by molar-refractivity contribution is 5.92. The molecule has 120 valence electrons. The smallest absolute Gasteiger partial charge is 0.395 e. The Balaban J connectivity index is 2.34. The number of amides is 1. The molecule has 0 saturated carbocycles. The zero-order chi connectivity index (χ0) is 16.5. The minimum absolute atomic E-state index is 0.0479. The van der Waals surface area contributed by atoms with Crippen LogP contribution < -0.4 is 5.73 Å². The van der Waals surface area contributed by atoms with E-state index in [-0.39, 0.29) is 17.7 Å². The average molecular weight is 320 g/mol. The van der Waals surface area contributed by atoms with Gasteiger partial charge in [0.25, 0.3) is 5.91 Å². The van der Waals surface area contributed by atoms with E-state index >= 15 is 0 Å². The van der Waals surface area contributed by atoms with Gasteiger partial charge < -0.3 is 10.6 Å². The topological polar surface area (TPSA) is 46.3 Å². The average Bonchev–Trinajstić information content (AvgIpc) is 2.54. The van der Waals surface area contributed by atoms with E-state index in [2.05, 4.69) is 0 Å². The van der Waals surface area contributed by atoms with Crippen molar-refractivity contribution in [1.29, 1.82) is 0 Å². The molecule has 22 heavy (non-hydrogen) atoms. The number of carbonyl (C=O) groups excluding carboxylic acids is 1. The molecular formula is C14H13F5N2O. The Morgan fingerprint density at radius 2 is 1.95 bits per heavy atom. The predicted octanol–water partition coefficient (Wildman–Crippen LogP) is 2.69. The number of nitrogens with two attached hydrogens (primary N) is 1. The summed E-state index contributed by atoms with van der Waals surface area (Å²) in [6, 6.07) is 3.47. The molecule has 0 bridgehead atoms. The Kier molecular flexibility index (Phi) is 4.39. The largest absolute Gasteiger partial charge is 0.406 e. The van der Waals surface area contributed by atoms with Gasteiger partial charge in [-0.25, -0.2) is 8.78 Å². The number of rotatable bonds is 2. The maximum Gasteiger partial charge on any atom is 0.406 e. The van der Waals surface area contributed by atoms with Crippen LogP contribution in [0.1, 0.15) is 17.9 Å². The van der Waals surface area contributed by atoms with Crippen LogP contribution in [-0.2, 0) is 4.79 Å². The molecule has 1 heterocycles. The van der Waals surface area contributed by atoms with Crippen LogP contribution in [0.3, 0.4) is 0 Å². The van der Waals surface area contributed by atoms with Crippen molar-refractivity contribution < 1.29 is 26.7 Å². The molecule has 0 aliphatic carbocycles. The molecule has 0 fully saturated rings. The first-order chi connectivity index (χ1) is 10.2. The number of hydrogen-bond acceptors (Lipinski definition) is 2. The van der Waals surface area contributed by atoms with Crippen molar-refractivity contribution in [2.75, 3.05) is 13.1 Å². The lowest BCUT2D eigenvalue weighted by Gasteiger charge is -2.26. The van der Waals surface area contributed by atoms with E-state index in [4.69, 9.17) is 5.73 Å². The summed E-state index contributed by atoms with van der Waals surface area (Å²) >= 11 is 0. The normalized spacial score (nSPS) is 19.9. The van der Waals surface area contributed by atoms with Gasteiger partial charge >= 0.3 is 6.18 Å². The molecule has 0 saturated heterocycles. The molecule has 0 aromatic heterocycles. The van der Waals surface area contributed by atoms with Crippen molar-refractivity contribution >= 4 is 5.91 Å². The first-order valence-electron chi connectivity index (χ1n) is 6.44. The van der Waals surface area contributed by atoms with Crippen LogP contribution in [0.15, 0.2) is 30.0 Å². The van der Waals surface area contributed by atoms with Crippen LogP contribution in [0.5, 0.6) is 0 Å². The molecule has 1 amide bonds. The van der Waals surface area contributed by atoms with Crippen molar-refractivity contribution in [1.82, 2.24) is 4.90 Å². The molecule has 0 unspecified atom stereocenters. The fourth-order valence-electron chi connectivity index (χ4n) is 2.38. The van der Waals surface area contributed by atoms with Crippen LogP contribution in [-0.4, -0.2) is 30.1 Å². The van der Waals surface area contributed by atoms with E-state index in [0.29, 0.717) is 4.90 Å². The van der Waals surface area contributed by atoms with Crippen molar-refractivity contribution in [3.8, 4) is 0 Å². The summed E-state index contributed by atoms with van der Waals surface area (Å²) in [5.74, 6) is -3.98. The summed E-state index contributed by atoms with van der Waals surface area (Å²) in [4.78, 5) is 12.3. The van der Waals surface area contributed by atoms with Gasteiger partial charge in [-0.15, -0.1) is 0 Å². The summed E-state index contributed by atoms with van der Waals surface area (Å²) in [6.45, 7) is -1.89. The number of halogens is 5. The number of alkyl halides is 3. The van der Waals surface area contributed by atoms with Gasteiger partial charge in [-0.1, -0.05) is 18.2 Å². The maximum absolute atomic E-state index is 13.8. The Hall–Kier alpha value is -2.12. The molecule has 1 aliphatic heterocycles. The molecule has 2 N–H and O–H groups in total. The van der Waals surface area contributed by atoms with E-state index in [0.717, 1.165) is 6.07 Å². The van der Waals surface area contributed by atoms with E-state index in [1.807, 2.05) is 0 Å². The monoisotopic (exact) mass is 320 g/mol. The van der Waals surface area contributed by atoms with Crippen LogP contribution in [0.25, 0.3) is 0 Å². The van der Waals surface area contributed by atoms with Crippen molar-refractivity contribution in [2.24, 2.45) is 5.73 Å². The summed E-state index contributed by atoms with van der Waals surface area (Å²) in [6.07, 6.45) is -3.31. The Morgan fingerprint density at radius 3 is 2.59 bits per heavy atom. The standard InChI is InChI=1S/C14H13F5N2O/c15-10-3-1-2-9(12(10)16)8-4-5-11(20)13(22)21(6-8)7-14(17,18)19/h1-3,5,8H,4,6-7,20H2/t8-/m1/s1. The highest BCUT2D eigenvalue weighted by atomic mass is 19.4. The second-order valence-electron chi connectivity index (χ2n) is 5.04. The third-order valence-electron chi connectivity index (χ3n) is 3.39. The van der Waals surface area contributed by atoms with E-state index < -0.39 is 42.7 Å². The fraction of sp³-hybridized carbons (Fsp3) is 0.357. The maximum atomic E-state index is 13.8. The second kappa shape index (κ2) is 5.94. The van der Waals surface area contributed by atoms with Crippen LogP contribution in [0, 0.1) is 11.6 Å². The summed E-state index contributed by atoms with van der Waals surface area (Å²) in [5.41, 5.74) is 5.02. The molecule has 1 atom stereocenters. The Morgan fingerprint density at radius 1 is 1.27 bits per heavy atom. The number of carbonyl (C=O) groups is 1. The van der Waals surface area contributed by atoms with Gasteiger partial charge in [-0.2, -0.15) is 13.2 Å². The second-order valence-corrected chi connectivity index (χ2v) is 5.04. The zero-order valence-electron chi connectivity index (χ0n) is 11.3. The quantitative estimate of drug-likeness (QED) is 0.852. The lowest BCUT2D eigenvalue weighted by Crippen LogP contribution is -2.42. The first kappa shape index (κ1) is 16.3. The lowest BCUT2D eigenvalue weighted by molar-refractivity contribution is -0.159. The van der Waals surface area contributed by atoms with Gasteiger partial charge in [-0.3, -0.25) is 4.79 Å². The number of hydrogen-bond donors (Lipinski definition) is 1. The van der Waals surface area contributed by atoms with Crippen LogP contribution in [0.2, 0.25) is 0 Å². The predicted molar refractivity (Wildman–Crippen MR) is 68.6 cm³/mol. The number of allylic oxidation sites excluding steroid dienone is 1. The molecule has 8 heteroatoms.